The fourth-order valence-electron chi connectivity index (χ4n) is 2.60. The van der Waals surface area contributed by atoms with Gasteiger partial charge in [0.25, 0.3) is 0 Å². The predicted octanol–water partition coefficient (Wildman–Crippen LogP) is 5.44. The predicted molar refractivity (Wildman–Crippen MR) is 82.3 cm³/mol. The van der Waals surface area contributed by atoms with Crippen LogP contribution in [0.25, 0.3) is 0 Å². The highest BCUT2D eigenvalue weighted by atomic mass is 14.9. The van der Waals surface area contributed by atoms with E-state index in [1.807, 2.05) is 0 Å². The van der Waals surface area contributed by atoms with Gasteiger partial charge in [0.15, 0.2) is 0 Å². The van der Waals surface area contributed by atoms with E-state index < -0.39 is 0 Å². The van der Waals surface area contributed by atoms with E-state index in [2.05, 4.69) is 71.1 Å². The van der Waals surface area contributed by atoms with Crippen LogP contribution in [0.3, 0.4) is 0 Å². The quantitative estimate of drug-likeness (QED) is 0.731. The summed E-state index contributed by atoms with van der Waals surface area (Å²) < 4.78 is 0. The molecule has 0 aliphatic rings. The van der Waals surface area contributed by atoms with E-state index in [0.29, 0.717) is 17.4 Å². The Morgan fingerprint density at radius 2 is 1.67 bits per heavy atom. The maximum Gasteiger partial charge on any atom is 0.0377 e. The summed E-state index contributed by atoms with van der Waals surface area (Å²) in [6.07, 6.45) is 2.34. The topological polar surface area (TPSA) is 12.0 Å². The standard InChI is InChI=1S/C17H29N/c1-7-13(3)18-16-12-10-9-11-14(16)15(8-2)17(4,5)6/h9-13,15,18H,7-8H2,1-6H3. The average molecular weight is 247 g/mol. The lowest BCUT2D eigenvalue weighted by Crippen LogP contribution is -2.21. The first-order chi connectivity index (χ1) is 8.40. The lowest BCUT2D eigenvalue weighted by Gasteiger charge is -2.32. The highest BCUT2D eigenvalue weighted by Crippen LogP contribution is 2.40. The van der Waals surface area contributed by atoms with Crippen LogP contribution in [-0.4, -0.2) is 6.04 Å². The molecule has 1 nitrogen and oxygen atoms in total. The summed E-state index contributed by atoms with van der Waals surface area (Å²) in [4.78, 5) is 0. The van der Waals surface area contributed by atoms with Crippen molar-refractivity contribution in [1.82, 2.24) is 0 Å². The molecule has 1 rings (SSSR count). The Balaban J connectivity index is 3.07. The Bertz CT molecular complexity index is 362. The summed E-state index contributed by atoms with van der Waals surface area (Å²) in [5, 5.41) is 3.65. The molecule has 1 aromatic carbocycles. The first-order valence-electron chi connectivity index (χ1n) is 7.25. The number of benzene rings is 1. The summed E-state index contributed by atoms with van der Waals surface area (Å²) >= 11 is 0. The number of nitrogens with one attached hydrogen (secondary N) is 1. The molecular formula is C17H29N. The van der Waals surface area contributed by atoms with Gasteiger partial charge in [-0.1, -0.05) is 52.8 Å². The Morgan fingerprint density at radius 3 is 2.17 bits per heavy atom. The molecule has 0 fully saturated rings. The molecule has 1 heteroatoms. The molecule has 0 aliphatic carbocycles. The van der Waals surface area contributed by atoms with Gasteiger partial charge >= 0.3 is 0 Å². The normalized spacial score (nSPS) is 15.2. The van der Waals surface area contributed by atoms with Crippen molar-refractivity contribution in [2.45, 2.75) is 66.3 Å². The van der Waals surface area contributed by atoms with Crippen LogP contribution in [0.2, 0.25) is 0 Å². The van der Waals surface area contributed by atoms with Gasteiger partial charge in [-0.15, -0.1) is 0 Å². The van der Waals surface area contributed by atoms with E-state index in [1.54, 1.807) is 0 Å². The smallest absolute Gasteiger partial charge is 0.0377 e. The number of anilines is 1. The molecule has 0 spiro atoms. The molecule has 0 amide bonds. The van der Waals surface area contributed by atoms with E-state index in [-0.39, 0.29) is 0 Å². The minimum absolute atomic E-state index is 0.308. The first-order valence-corrected chi connectivity index (χ1v) is 7.25. The average Bonchev–Trinajstić information content (AvgIpc) is 2.30. The van der Waals surface area contributed by atoms with E-state index >= 15 is 0 Å². The zero-order chi connectivity index (χ0) is 13.8. The van der Waals surface area contributed by atoms with Crippen molar-refractivity contribution < 1.29 is 0 Å². The lowest BCUT2D eigenvalue weighted by molar-refractivity contribution is 0.313. The van der Waals surface area contributed by atoms with Gasteiger partial charge in [0.1, 0.15) is 0 Å². The second-order valence-electron chi connectivity index (χ2n) is 6.37. The number of rotatable bonds is 5. The zero-order valence-electron chi connectivity index (χ0n) is 12.9. The van der Waals surface area contributed by atoms with Crippen LogP contribution in [0.1, 0.15) is 65.9 Å². The molecule has 2 unspecified atom stereocenters. The molecular weight excluding hydrogens is 218 g/mol. The number of hydrogen-bond donors (Lipinski definition) is 1. The van der Waals surface area contributed by atoms with E-state index in [1.165, 1.54) is 17.7 Å². The van der Waals surface area contributed by atoms with E-state index in [9.17, 15) is 0 Å². The summed E-state index contributed by atoms with van der Waals surface area (Å²) in [7, 11) is 0. The SMILES string of the molecule is CCC(C)Nc1ccccc1C(CC)C(C)(C)C. The maximum absolute atomic E-state index is 3.65. The van der Waals surface area contributed by atoms with Gasteiger partial charge in [0.05, 0.1) is 0 Å². The monoisotopic (exact) mass is 247 g/mol. The Labute approximate surface area is 113 Å². The third kappa shape index (κ3) is 3.76. The van der Waals surface area contributed by atoms with Crippen molar-refractivity contribution in [2.75, 3.05) is 5.32 Å². The molecule has 1 N–H and O–H groups in total. The minimum atomic E-state index is 0.308. The van der Waals surface area contributed by atoms with Crippen LogP contribution in [0, 0.1) is 5.41 Å². The Kier molecular flexibility index (Phi) is 5.25. The molecule has 1 aromatic rings. The van der Waals surface area contributed by atoms with Crippen molar-refractivity contribution in [3.05, 3.63) is 29.8 Å². The van der Waals surface area contributed by atoms with Crippen molar-refractivity contribution in [3.63, 3.8) is 0 Å². The summed E-state index contributed by atoms with van der Waals surface area (Å²) in [6, 6.07) is 9.32. The van der Waals surface area contributed by atoms with E-state index in [0.717, 1.165) is 6.42 Å². The largest absolute Gasteiger partial charge is 0.382 e. The lowest BCUT2D eigenvalue weighted by atomic mass is 9.74. The van der Waals surface area contributed by atoms with Crippen molar-refractivity contribution in [2.24, 2.45) is 5.41 Å². The molecule has 18 heavy (non-hydrogen) atoms. The zero-order valence-corrected chi connectivity index (χ0v) is 12.9. The van der Waals surface area contributed by atoms with Crippen LogP contribution < -0.4 is 5.32 Å². The van der Waals surface area contributed by atoms with Gasteiger partial charge in [-0.3, -0.25) is 0 Å². The second-order valence-corrected chi connectivity index (χ2v) is 6.37. The Hall–Kier alpha value is -0.980. The third-order valence-corrected chi connectivity index (χ3v) is 3.80. The molecule has 0 saturated carbocycles. The van der Waals surface area contributed by atoms with Crippen LogP contribution >= 0.6 is 0 Å². The molecule has 0 heterocycles. The molecule has 0 radical (unpaired) electrons. The van der Waals surface area contributed by atoms with Gasteiger partial charge < -0.3 is 5.32 Å². The van der Waals surface area contributed by atoms with Gasteiger partial charge in [0.2, 0.25) is 0 Å². The van der Waals surface area contributed by atoms with Crippen molar-refractivity contribution >= 4 is 5.69 Å². The summed E-state index contributed by atoms with van der Waals surface area (Å²) in [5.74, 6) is 0.602. The van der Waals surface area contributed by atoms with Crippen LogP contribution in [0.15, 0.2) is 24.3 Å². The van der Waals surface area contributed by atoms with Crippen LogP contribution in [0.5, 0.6) is 0 Å². The summed E-state index contributed by atoms with van der Waals surface area (Å²) in [5.41, 5.74) is 3.09. The molecule has 102 valence electrons. The highest BCUT2D eigenvalue weighted by molar-refractivity contribution is 5.53. The molecule has 0 aromatic heterocycles. The number of para-hydroxylation sites is 1. The first kappa shape index (κ1) is 15.1. The Morgan fingerprint density at radius 1 is 1.06 bits per heavy atom. The van der Waals surface area contributed by atoms with Gasteiger partial charge in [-0.2, -0.15) is 0 Å². The van der Waals surface area contributed by atoms with Gasteiger partial charge in [-0.25, -0.2) is 0 Å². The molecule has 0 aliphatic heterocycles. The second kappa shape index (κ2) is 6.26. The fourth-order valence-corrected chi connectivity index (χ4v) is 2.60. The van der Waals surface area contributed by atoms with Crippen molar-refractivity contribution in [1.29, 1.82) is 0 Å². The minimum Gasteiger partial charge on any atom is -0.382 e. The van der Waals surface area contributed by atoms with Crippen LogP contribution in [0.4, 0.5) is 5.69 Å². The summed E-state index contributed by atoms with van der Waals surface area (Å²) in [6.45, 7) is 13.8. The van der Waals surface area contributed by atoms with Crippen LogP contribution in [-0.2, 0) is 0 Å². The molecule has 0 saturated heterocycles. The molecule has 0 bridgehead atoms. The maximum atomic E-state index is 3.65. The van der Waals surface area contributed by atoms with Gasteiger partial charge in [0, 0.05) is 11.7 Å². The van der Waals surface area contributed by atoms with E-state index in [4.69, 9.17) is 0 Å². The number of hydrogen-bond acceptors (Lipinski definition) is 1. The fraction of sp³-hybridized carbons (Fsp3) is 0.647. The highest BCUT2D eigenvalue weighted by Gasteiger charge is 2.26. The van der Waals surface area contributed by atoms with Gasteiger partial charge in [-0.05, 0) is 42.7 Å². The third-order valence-electron chi connectivity index (χ3n) is 3.80. The van der Waals surface area contributed by atoms with Crippen molar-refractivity contribution in [3.8, 4) is 0 Å². The molecule has 2 atom stereocenters.